The Labute approximate surface area is 78.6 Å². The summed E-state index contributed by atoms with van der Waals surface area (Å²) in [5.74, 6) is 0.976. The van der Waals surface area contributed by atoms with Crippen LogP contribution in [0.15, 0.2) is 16.7 Å². The number of pyridine rings is 1. The minimum atomic E-state index is 0.918. The van der Waals surface area contributed by atoms with E-state index >= 15 is 0 Å². The van der Waals surface area contributed by atoms with E-state index in [0.717, 1.165) is 21.5 Å². The Morgan fingerprint density at radius 3 is 2.92 bits per heavy atom. The van der Waals surface area contributed by atoms with Crippen LogP contribution in [0.25, 0.3) is 11.2 Å². The second kappa shape index (κ2) is 2.55. The molecule has 0 bridgehead atoms. The van der Waals surface area contributed by atoms with Gasteiger partial charge in [0.2, 0.25) is 0 Å². The standard InChI is InChI=1S/C8H8BrN3/c1-5-11-7-6(9)3-4-10-8(7)12(5)2/h3-4H,1-2H3. The second-order valence-electron chi connectivity index (χ2n) is 2.68. The normalized spacial score (nSPS) is 10.9. The first-order valence-electron chi connectivity index (χ1n) is 3.63. The van der Waals surface area contributed by atoms with E-state index in [9.17, 15) is 0 Å². The van der Waals surface area contributed by atoms with Gasteiger partial charge in [0.05, 0.1) is 0 Å². The molecule has 0 unspecified atom stereocenters. The fourth-order valence-corrected chi connectivity index (χ4v) is 1.54. The smallest absolute Gasteiger partial charge is 0.160 e. The van der Waals surface area contributed by atoms with E-state index in [1.807, 2.05) is 24.6 Å². The molecule has 0 saturated heterocycles. The van der Waals surface area contributed by atoms with Crippen molar-refractivity contribution in [2.24, 2.45) is 7.05 Å². The zero-order valence-electron chi connectivity index (χ0n) is 6.87. The molecule has 0 spiro atoms. The van der Waals surface area contributed by atoms with Crippen molar-refractivity contribution in [3.8, 4) is 0 Å². The lowest BCUT2D eigenvalue weighted by atomic mass is 10.4. The van der Waals surface area contributed by atoms with E-state index in [1.54, 1.807) is 6.20 Å². The molecule has 0 N–H and O–H groups in total. The van der Waals surface area contributed by atoms with Crippen LogP contribution in [0.5, 0.6) is 0 Å². The van der Waals surface area contributed by atoms with Crippen molar-refractivity contribution in [1.29, 1.82) is 0 Å². The van der Waals surface area contributed by atoms with E-state index in [2.05, 4.69) is 25.9 Å². The molecule has 0 radical (unpaired) electrons. The molecule has 0 saturated carbocycles. The predicted octanol–water partition coefficient (Wildman–Crippen LogP) is 2.04. The minimum Gasteiger partial charge on any atom is -0.316 e. The quantitative estimate of drug-likeness (QED) is 0.688. The van der Waals surface area contributed by atoms with Gasteiger partial charge in [0.15, 0.2) is 5.65 Å². The minimum absolute atomic E-state index is 0.918. The van der Waals surface area contributed by atoms with Gasteiger partial charge in [-0.1, -0.05) is 0 Å². The van der Waals surface area contributed by atoms with Crippen LogP contribution in [-0.2, 0) is 7.05 Å². The largest absolute Gasteiger partial charge is 0.316 e. The van der Waals surface area contributed by atoms with Gasteiger partial charge < -0.3 is 4.57 Å². The Morgan fingerprint density at radius 2 is 2.25 bits per heavy atom. The first-order valence-corrected chi connectivity index (χ1v) is 4.43. The number of nitrogens with zero attached hydrogens (tertiary/aromatic N) is 3. The topological polar surface area (TPSA) is 30.7 Å². The summed E-state index contributed by atoms with van der Waals surface area (Å²) in [7, 11) is 1.96. The lowest BCUT2D eigenvalue weighted by Crippen LogP contribution is -1.91. The average molecular weight is 226 g/mol. The number of aromatic nitrogens is 3. The maximum Gasteiger partial charge on any atom is 0.160 e. The summed E-state index contributed by atoms with van der Waals surface area (Å²) in [5.41, 5.74) is 1.85. The molecule has 3 nitrogen and oxygen atoms in total. The molecular weight excluding hydrogens is 218 g/mol. The van der Waals surface area contributed by atoms with Crippen LogP contribution in [0.4, 0.5) is 0 Å². The van der Waals surface area contributed by atoms with Crippen LogP contribution in [0.1, 0.15) is 5.82 Å². The van der Waals surface area contributed by atoms with Crippen molar-refractivity contribution in [3.63, 3.8) is 0 Å². The van der Waals surface area contributed by atoms with Gasteiger partial charge in [0.1, 0.15) is 11.3 Å². The highest BCUT2D eigenvalue weighted by molar-refractivity contribution is 9.10. The van der Waals surface area contributed by atoms with Crippen LogP contribution in [0.3, 0.4) is 0 Å². The summed E-state index contributed by atoms with van der Waals surface area (Å²) >= 11 is 3.43. The third-order valence-corrected chi connectivity index (χ3v) is 2.57. The molecule has 2 aromatic heterocycles. The van der Waals surface area contributed by atoms with Crippen molar-refractivity contribution in [2.45, 2.75) is 6.92 Å². The van der Waals surface area contributed by atoms with Crippen molar-refractivity contribution in [2.75, 3.05) is 0 Å². The number of imidazole rings is 1. The van der Waals surface area contributed by atoms with Crippen molar-refractivity contribution in [1.82, 2.24) is 14.5 Å². The van der Waals surface area contributed by atoms with E-state index < -0.39 is 0 Å². The molecule has 0 fully saturated rings. The van der Waals surface area contributed by atoms with Gasteiger partial charge in [-0.3, -0.25) is 0 Å². The third-order valence-electron chi connectivity index (χ3n) is 1.93. The summed E-state index contributed by atoms with van der Waals surface area (Å²) < 4.78 is 2.97. The molecule has 12 heavy (non-hydrogen) atoms. The first kappa shape index (κ1) is 7.73. The summed E-state index contributed by atoms with van der Waals surface area (Å²) in [5, 5.41) is 0. The van der Waals surface area contributed by atoms with Gasteiger partial charge in [-0.05, 0) is 28.9 Å². The molecule has 0 amide bonds. The average Bonchev–Trinajstić information content (AvgIpc) is 2.32. The van der Waals surface area contributed by atoms with Gasteiger partial charge >= 0.3 is 0 Å². The van der Waals surface area contributed by atoms with Crippen molar-refractivity contribution in [3.05, 3.63) is 22.6 Å². The third kappa shape index (κ3) is 0.948. The zero-order chi connectivity index (χ0) is 8.72. The van der Waals surface area contributed by atoms with Crippen LogP contribution in [-0.4, -0.2) is 14.5 Å². The summed E-state index contributed by atoms with van der Waals surface area (Å²) in [6.45, 7) is 1.97. The number of halogens is 1. The summed E-state index contributed by atoms with van der Waals surface area (Å²) in [6.07, 6.45) is 1.77. The SMILES string of the molecule is Cc1nc2c(Br)ccnc2n1C. The number of rotatable bonds is 0. The Balaban J connectivity index is 2.95. The fraction of sp³-hybridized carbons (Fsp3) is 0.250. The first-order chi connectivity index (χ1) is 5.70. The van der Waals surface area contributed by atoms with Crippen LogP contribution in [0, 0.1) is 6.92 Å². The molecule has 2 rings (SSSR count). The Hall–Kier alpha value is -0.900. The number of hydrogen-bond acceptors (Lipinski definition) is 2. The maximum absolute atomic E-state index is 4.37. The molecule has 0 aliphatic heterocycles. The Morgan fingerprint density at radius 1 is 1.50 bits per heavy atom. The van der Waals surface area contributed by atoms with Crippen LogP contribution < -0.4 is 0 Å². The molecule has 0 aromatic carbocycles. The van der Waals surface area contributed by atoms with Gasteiger partial charge in [-0.2, -0.15) is 0 Å². The van der Waals surface area contributed by atoms with Crippen molar-refractivity contribution < 1.29 is 0 Å². The Kier molecular flexibility index (Phi) is 1.65. The van der Waals surface area contributed by atoms with Gasteiger partial charge in [-0.15, -0.1) is 0 Å². The van der Waals surface area contributed by atoms with E-state index in [-0.39, 0.29) is 0 Å². The number of aryl methyl sites for hydroxylation is 2. The number of hydrogen-bond donors (Lipinski definition) is 0. The lowest BCUT2D eigenvalue weighted by Gasteiger charge is -1.94. The zero-order valence-corrected chi connectivity index (χ0v) is 8.46. The van der Waals surface area contributed by atoms with E-state index in [1.165, 1.54) is 0 Å². The fourth-order valence-electron chi connectivity index (χ4n) is 1.16. The lowest BCUT2D eigenvalue weighted by molar-refractivity contribution is 0.874. The molecular formula is C8H8BrN3. The predicted molar refractivity (Wildman–Crippen MR) is 50.9 cm³/mol. The molecule has 0 aliphatic rings. The van der Waals surface area contributed by atoms with Gasteiger partial charge in [-0.25, -0.2) is 9.97 Å². The van der Waals surface area contributed by atoms with Crippen LogP contribution >= 0.6 is 15.9 Å². The summed E-state index contributed by atoms with van der Waals surface area (Å²) in [4.78, 5) is 8.60. The molecule has 2 heterocycles. The second-order valence-corrected chi connectivity index (χ2v) is 3.54. The molecule has 4 heteroatoms. The Bertz CT molecular complexity index is 433. The van der Waals surface area contributed by atoms with Crippen LogP contribution in [0.2, 0.25) is 0 Å². The maximum atomic E-state index is 4.37. The highest BCUT2D eigenvalue weighted by atomic mass is 79.9. The summed E-state index contributed by atoms with van der Waals surface area (Å²) in [6, 6.07) is 1.90. The van der Waals surface area contributed by atoms with Gasteiger partial charge in [0.25, 0.3) is 0 Å². The van der Waals surface area contributed by atoms with Crippen molar-refractivity contribution >= 4 is 27.1 Å². The monoisotopic (exact) mass is 225 g/mol. The molecule has 2 aromatic rings. The van der Waals surface area contributed by atoms with Gasteiger partial charge in [0, 0.05) is 17.7 Å². The van der Waals surface area contributed by atoms with E-state index in [4.69, 9.17) is 0 Å². The molecule has 0 atom stereocenters. The highest BCUT2D eigenvalue weighted by Crippen LogP contribution is 2.20. The number of fused-ring (bicyclic) bond motifs is 1. The molecule has 62 valence electrons. The molecule has 0 aliphatic carbocycles. The van der Waals surface area contributed by atoms with E-state index in [0.29, 0.717) is 0 Å². The highest BCUT2D eigenvalue weighted by Gasteiger charge is 2.06.